The molecule has 0 unspecified atom stereocenters. The number of aromatic hydroxyl groups is 1. The number of phenolic OH excluding ortho intramolecular Hbond substituents is 1. The molecule has 1 nitrogen and oxygen atoms in total. The standard InChI is InChI=1S/C34H50O/c1-31(2,3)20-32(4,5)27-6-7-28(35)30(34-17-24-11-25(18-34)13-26(12-24)19-34)29(27)33-14-21-8-22(15-33)10-23(9-21)16-33/h6-7,21-26,35H,8-20H2,1-5H3. The third-order valence-corrected chi connectivity index (χ3v) is 12.0. The Balaban J connectivity index is 1.45. The summed E-state index contributed by atoms with van der Waals surface area (Å²) in [5, 5.41) is 11.9. The molecule has 0 amide bonds. The number of rotatable bonds is 4. The van der Waals surface area contributed by atoms with E-state index in [1.165, 1.54) is 89.0 Å². The zero-order chi connectivity index (χ0) is 24.4. The lowest BCUT2D eigenvalue weighted by atomic mass is 9.43. The molecule has 1 aromatic carbocycles. The van der Waals surface area contributed by atoms with Gasteiger partial charge in [-0.2, -0.15) is 0 Å². The Labute approximate surface area is 214 Å². The Morgan fingerprint density at radius 1 is 0.629 bits per heavy atom. The average molecular weight is 475 g/mol. The van der Waals surface area contributed by atoms with Crippen LogP contribution in [0.25, 0.3) is 0 Å². The van der Waals surface area contributed by atoms with E-state index < -0.39 is 0 Å². The first-order chi connectivity index (χ1) is 16.4. The Morgan fingerprint density at radius 3 is 1.37 bits per heavy atom. The van der Waals surface area contributed by atoms with E-state index in [2.05, 4.69) is 46.8 Å². The monoisotopic (exact) mass is 474 g/mol. The van der Waals surface area contributed by atoms with Gasteiger partial charge in [-0.3, -0.25) is 0 Å². The fourth-order valence-electron chi connectivity index (χ4n) is 12.5. The minimum Gasteiger partial charge on any atom is -0.508 e. The summed E-state index contributed by atoms with van der Waals surface area (Å²) < 4.78 is 0. The second-order valence-corrected chi connectivity index (χ2v) is 16.9. The van der Waals surface area contributed by atoms with Crippen molar-refractivity contribution >= 4 is 0 Å². The lowest BCUT2D eigenvalue weighted by Gasteiger charge is -2.61. The maximum absolute atomic E-state index is 11.9. The molecule has 0 aliphatic heterocycles. The molecule has 0 spiro atoms. The Morgan fingerprint density at radius 2 is 1.00 bits per heavy atom. The van der Waals surface area contributed by atoms with Gasteiger partial charge >= 0.3 is 0 Å². The van der Waals surface area contributed by atoms with Gasteiger partial charge in [0.1, 0.15) is 5.75 Å². The summed E-state index contributed by atoms with van der Waals surface area (Å²) in [6, 6.07) is 4.55. The number of hydrogen-bond donors (Lipinski definition) is 1. The second-order valence-electron chi connectivity index (χ2n) is 16.9. The molecular weight excluding hydrogens is 424 g/mol. The van der Waals surface area contributed by atoms with Crippen LogP contribution in [0.15, 0.2) is 12.1 Å². The summed E-state index contributed by atoms with van der Waals surface area (Å²) in [6.45, 7) is 12.3. The highest BCUT2D eigenvalue weighted by molar-refractivity contribution is 5.56. The molecule has 8 aliphatic carbocycles. The van der Waals surface area contributed by atoms with E-state index in [0.717, 1.165) is 35.5 Å². The maximum atomic E-state index is 11.9. The van der Waals surface area contributed by atoms with Gasteiger partial charge in [0.15, 0.2) is 0 Å². The lowest BCUT2D eigenvalue weighted by molar-refractivity contribution is -0.0190. The van der Waals surface area contributed by atoms with Crippen LogP contribution in [-0.4, -0.2) is 5.11 Å². The van der Waals surface area contributed by atoms with Gasteiger partial charge in [0.2, 0.25) is 0 Å². The largest absolute Gasteiger partial charge is 0.508 e. The summed E-state index contributed by atoms with van der Waals surface area (Å²) in [6.07, 6.45) is 18.4. The fraction of sp³-hybridized carbons (Fsp3) is 0.824. The minimum atomic E-state index is 0.127. The topological polar surface area (TPSA) is 20.2 Å². The van der Waals surface area contributed by atoms with E-state index in [-0.39, 0.29) is 10.8 Å². The fourth-order valence-corrected chi connectivity index (χ4v) is 12.5. The van der Waals surface area contributed by atoms with Crippen LogP contribution in [-0.2, 0) is 16.2 Å². The molecule has 0 heterocycles. The van der Waals surface area contributed by atoms with Crippen LogP contribution < -0.4 is 0 Å². The summed E-state index contributed by atoms with van der Waals surface area (Å²) in [5.74, 6) is 6.22. The first kappa shape index (κ1) is 23.2. The highest BCUT2D eigenvalue weighted by Gasteiger charge is 2.58. The maximum Gasteiger partial charge on any atom is 0.119 e. The molecule has 1 heteroatoms. The first-order valence-electron chi connectivity index (χ1n) is 15.3. The lowest BCUT2D eigenvalue weighted by Crippen LogP contribution is -2.53. The van der Waals surface area contributed by atoms with Gasteiger partial charge in [0.05, 0.1) is 0 Å². The summed E-state index contributed by atoms with van der Waals surface area (Å²) in [5.41, 5.74) is 5.84. The van der Waals surface area contributed by atoms with Crippen LogP contribution in [0.5, 0.6) is 5.75 Å². The van der Waals surface area contributed by atoms with Crippen LogP contribution >= 0.6 is 0 Å². The molecule has 8 fully saturated rings. The summed E-state index contributed by atoms with van der Waals surface area (Å²) >= 11 is 0. The van der Waals surface area contributed by atoms with E-state index >= 15 is 0 Å². The molecule has 35 heavy (non-hydrogen) atoms. The van der Waals surface area contributed by atoms with Gasteiger partial charge in [-0.15, -0.1) is 0 Å². The normalized spacial score (nSPS) is 43.8. The van der Waals surface area contributed by atoms with E-state index in [1.807, 2.05) is 0 Å². The van der Waals surface area contributed by atoms with Gasteiger partial charge < -0.3 is 5.11 Å². The summed E-state index contributed by atoms with van der Waals surface area (Å²) in [4.78, 5) is 0. The third kappa shape index (κ3) is 3.59. The molecule has 192 valence electrons. The zero-order valence-corrected chi connectivity index (χ0v) is 23.3. The van der Waals surface area contributed by atoms with Crippen molar-refractivity contribution in [3.05, 3.63) is 28.8 Å². The molecule has 0 atom stereocenters. The molecule has 0 saturated heterocycles. The van der Waals surface area contributed by atoms with Crippen molar-refractivity contribution in [1.82, 2.24) is 0 Å². The van der Waals surface area contributed by atoms with Gasteiger partial charge in [-0.1, -0.05) is 40.7 Å². The summed E-state index contributed by atoms with van der Waals surface area (Å²) in [7, 11) is 0. The van der Waals surface area contributed by atoms with E-state index in [4.69, 9.17) is 0 Å². The highest BCUT2D eigenvalue weighted by atomic mass is 16.3. The third-order valence-electron chi connectivity index (χ3n) is 12.0. The second kappa shape index (κ2) is 7.32. The molecule has 9 rings (SSSR count). The SMILES string of the molecule is CC(C)(C)CC(C)(C)c1ccc(O)c(C23CC4CC(CC(C4)C2)C3)c1C12CC3CC(CC(C3)C1)C2. The van der Waals surface area contributed by atoms with Crippen LogP contribution in [0, 0.1) is 40.9 Å². The number of hydrogen-bond acceptors (Lipinski definition) is 1. The smallest absolute Gasteiger partial charge is 0.119 e. The predicted octanol–water partition coefficient (Wildman–Crippen LogP) is 9.04. The Kier molecular flexibility index (Phi) is 4.84. The molecule has 8 aliphatic rings. The van der Waals surface area contributed by atoms with E-state index in [9.17, 15) is 5.11 Å². The molecule has 8 bridgehead atoms. The predicted molar refractivity (Wildman–Crippen MR) is 145 cm³/mol. The highest BCUT2D eigenvalue weighted by Crippen LogP contribution is 2.67. The van der Waals surface area contributed by atoms with Crippen LogP contribution in [0.4, 0.5) is 0 Å². The van der Waals surface area contributed by atoms with Crippen LogP contribution in [0.1, 0.15) is 135 Å². The molecule has 1 N–H and O–H groups in total. The van der Waals surface area contributed by atoms with Crippen molar-refractivity contribution in [2.45, 2.75) is 134 Å². The number of phenols is 1. The molecule has 0 aromatic heterocycles. The van der Waals surface area contributed by atoms with E-state index in [0.29, 0.717) is 16.6 Å². The van der Waals surface area contributed by atoms with Crippen LogP contribution in [0.3, 0.4) is 0 Å². The number of benzene rings is 1. The quantitative estimate of drug-likeness (QED) is 0.461. The van der Waals surface area contributed by atoms with Crippen molar-refractivity contribution in [3.8, 4) is 5.75 Å². The first-order valence-corrected chi connectivity index (χ1v) is 15.3. The zero-order valence-electron chi connectivity index (χ0n) is 23.3. The van der Waals surface area contributed by atoms with Gasteiger partial charge in [-0.05, 0) is 152 Å². The van der Waals surface area contributed by atoms with Crippen molar-refractivity contribution in [2.24, 2.45) is 40.9 Å². The van der Waals surface area contributed by atoms with Crippen molar-refractivity contribution < 1.29 is 5.11 Å². The van der Waals surface area contributed by atoms with Crippen LogP contribution in [0.2, 0.25) is 0 Å². The molecule has 1 aromatic rings. The van der Waals surface area contributed by atoms with Gasteiger partial charge in [0.25, 0.3) is 0 Å². The van der Waals surface area contributed by atoms with Crippen molar-refractivity contribution in [1.29, 1.82) is 0 Å². The molecule has 8 saturated carbocycles. The van der Waals surface area contributed by atoms with Crippen molar-refractivity contribution in [3.63, 3.8) is 0 Å². The average Bonchev–Trinajstić information content (AvgIpc) is 2.69. The molecular formula is C34H50O. The minimum absolute atomic E-state index is 0.127. The van der Waals surface area contributed by atoms with Gasteiger partial charge in [0, 0.05) is 11.0 Å². The van der Waals surface area contributed by atoms with Gasteiger partial charge in [-0.25, -0.2) is 0 Å². The Bertz CT molecular complexity index is 949. The Hall–Kier alpha value is -0.980. The molecule has 0 radical (unpaired) electrons. The van der Waals surface area contributed by atoms with Crippen molar-refractivity contribution in [2.75, 3.05) is 0 Å². The van der Waals surface area contributed by atoms with E-state index in [1.54, 1.807) is 11.1 Å².